The minimum atomic E-state index is -1.35. The number of nitrogens with one attached hydrogen (secondary N) is 1. The Bertz CT molecular complexity index is 2270. The van der Waals surface area contributed by atoms with Gasteiger partial charge in [-0.2, -0.15) is 0 Å². The van der Waals surface area contributed by atoms with Crippen LogP contribution in [0.15, 0.2) is 84.9 Å². The van der Waals surface area contributed by atoms with E-state index in [1.165, 1.54) is 60.8 Å². The zero-order valence-corrected chi connectivity index (χ0v) is 36.8. The Kier molecular flexibility index (Phi) is 16.9. The summed E-state index contributed by atoms with van der Waals surface area (Å²) in [6.07, 6.45) is 4.59. The van der Waals surface area contributed by atoms with E-state index in [1.807, 2.05) is 12.1 Å². The van der Waals surface area contributed by atoms with Crippen molar-refractivity contribution in [3.63, 3.8) is 0 Å². The number of hydrogen-bond acceptors (Lipinski definition) is 9. The molecule has 0 saturated carbocycles. The van der Waals surface area contributed by atoms with Gasteiger partial charge in [0.25, 0.3) is 0 Å². The zero-order chi connectivity index (χ0) is 45.8. The predicted octanol–water partition coefficient (Wildman–Crippen LogP) is 8.00. The number of aryl methyl sites for hydroxylation is 1. The molecule has 4 aromatic carbocycles. The van der Waals surface area contributed by atoms with Gasteiger partial charge in [0, 0.05) is 67.2 Å². The molecule has 63 heavy (non-hydrogen) atoms. The van der Waals surface area contributed by atoms with Crippen LogP contribution in [0, 0.1) is 17.8 Å². The Hall–Kier alpha value is -6.14. The zero-order valence-electron chi connectivity index (χ0n) is 36.8. The van der Waals surface area contributed by atoms with Gasteiger partial charge < -0.3 is 31.3 Å². The minimum Gasteiger partial charge on any atom is -0.507 e. The van der Waals surface area contributed by atoms with Crippen LogP contribution in [0.1, 0.15) is 112 Å². The molecule has 5 rings (SSSR count). The van der Waals surface area contributed by atoms with E-state index in [-0.39, 0.29) is 66.3 Å². The van der Waals surface area contributed by atoms with Crippen LogP contribution < -0.4 is 11.1 Å². The molecule has 12 nitrogen and oxygen atoms in total. The number of benzene rings is 4. The van der Waals surface area contributed by atoms with Crippen LogP contribution in [0.3, 0.4) is 0 Å². The molecule has 12 heteroatoms. The Labute approximate surface area is 369 Å². The third kappa shape index (κ3) is 12.5. The van der Waals surface area contributed by atoms with E-state index in [0.29, 0.717) is 42.5 Å². The summed E-state index contributed by atoms with van der Waals surface area (Å²) >= 11 is 0. The third-order valence-electron chi connectivity index (χ3n) is 12.2. The SMILES string of the molecule is CCCCc1ccc(-c2ccc(C(=O)CC[C@@H](C)C(=O)C[C@@H](CCCCN)C(=O)N(C)[C@@H]3C(=O)C[C@@H](C)C(=O)N[C@H](C(=O)O)Cc4ccc(O)c(c4)-c4cc3ccc4O)cc2)cc1. The van der Waals surface area contributed by atoms with Crippen molar-refractivity contribution in [2.45, 2.75) is 103 Å². The molecule has 4 aromatic rings. The number of nitrogens with zero attached hydrogens (tertiary/aromatic N) is 1. The van der Waals surface area contributed by atoms with Gasteiger partial charge in [-0.15, -0.1) is 0 Å². The second kappa shape index (κ2) is 22.3. The van der Waals surface area contributed by atoms with Crippen LogP contribution in [0.5, 0.6) is 11.5 Å². The highest BCUT2D eigenvalue weighted by molar-refractivity contribution is 5.98. The second-order valence-electron chi connectivity index (χ2n) is 17.0. The maximum Gasteiger partial charge on any atom is 0.326 e. The molecular formula is C51H61N3O9. The molecule has 6 N–H and O–H groups in total. The monoisotopic (exact) mass is 859 g/mol. The molecular weight excluding hydrogens is 799 g/mol. The first-order valence-electron chi connectivity index (χ1n) is 22.0. The number of amides is 2. The van der Waals surface area contributed by atoms with Crippen LogP contribution in [0.25, 0.3) is 22.3 Å². The number of fused-ring (bicyclic) bond motifs is 5. The lowest BCUT2D eigenvalue weighted by Gasteiger charge is -2.32. The van der Waals surface area contributed by atoms with Crippen molar-refractivity contribution >= 4 is 35.1 Å². The lowest BCUT2D eigenvalue weighted by molar-refractivity contribution is -0.144. The van der Waals surface area contributed by atoms with Gasteiger partial charge >= 0.3 is 5.97 Å². The second-order valence-corrected chi connectivity index (χ2v) is 17.0. The number of phenolic OH excluding ortho intramolecular Hbond substituents is 2. The number of phenols is 2. The molecule has 2 amide bonds. The Morgan fingerprint density at radius 2 is 1.46 bits per heavy atom. The summed E-state index contributed by atoms with van der Waals surface area (Å²) in [7, 11) is 1.46. The highest BCUT2D eigenvalue weighted by Gasteiger charge is 2.36. The fourth-order valence-electron chi connectivity index (χ4n) is 8.20. The summed E-state index contributed by atoms with van der Waals surface area (Å²) < 4.78 is 0. The van der Waals surface area contributed by atoms with E-state index in [4.69, 9.17) is 5.73 Å². The number of carboxylic acid groups (broad SMARTS) is 1. The topological polar surface area (TPSA) is 204 Å². The number of ketones is 3. The van der Waals surface area contributed by atoms with Crippen LogP contribution in [0.2, 0.25) is 0 Å². The number of nitrogens with two attached hydrogens (primary N) is 1. The van der Waals surface area contributed by atoms with Gasteiger partial charge in [-0.3, -0.25) is 24.0 Å². The lowest BCUT2D eigenvalue weighted by Crippen LogP contribution is -2.45. The average molecular weight is 860 g/mol. The number of aliphatic carboxylic acids is 1. The van der Waals surface area contributed by atoms with Crippen molar-refractivity contribution < 1.29 is 44.1 Å². The van der Waals surface area contributed by atoms with Gasteiger partial charge in [0.2, 0.25) is 11.8 Å². The first kappa shape index (κ1) is 47.9. The Balaban J connectivity index is 1.34. The molecule has 0 saturated heterocycles. The van der Waals surface area contributed by atoms with E-state index >= 15 is 0 Å². The quantitative estimate of drug-likeness (QED) is 0.0482. The van der Waals surface area contributed by atoms with Crippen molar-refractivity contribution in [2.24, 2.45) is 23.5 Å². The maximum atomic E-state index is 14.6. The smallest absolute Gasteiger partial charge is 0.326 e. The van der Waals surface area contributed by atoms with E-state index in [9.17, 15) is 44.1 Å². The molecule has 1 aliphatic rings. The van der Waals surface area contributed by atoms with E-state index in [1.54, 1.807) is 19.1 Å². The summed E-state index contributed by atoms with van der Waals surface area (Å²) in [5.74, 6) is -6.06. The molecule has 4 bridgehead atoms. The van der Waals surface area contributed by atoms with Crippen LogP contribution >= 0.6 is 0 Å². The van der Waals surface area contributed by atoms with Crippen LogP contribution in [0.4, 0.5) is 0 Å². The van der Waals surface area contributed by atoms with Gasteiger partial charge in [-0.1, -0.05) is 94.3 Å². The summed E-state index contributed by atoms with van der Waals surface area (Å²) in [5, 5.41) is 34.4. The summed E-state index contributed by atoms with van der Waals surface area (Å²) in [5.41, 5.74) is 10.8. The highest BCUT2D eigenvalue weighted by atomic mass is 16.4. The van der Waals surface area contributed by atoms with E-state index in [0.717, 1.165) is 30.4 Å². The standard InChI is InChI=1S/C51H61N3O9/c1-5-6-9-33-12-15-35(16-13-33)36-17-19-37(20-18-36)43(55)22-11-31(2)46(58)30-39(10-7-8-25-52)50(61)54(4)48-38-21-24-45(57)41(29-38)40-27-34(14-23-44(40)56)28-42(51(62)63)53-49(60)32(3)26-47(48)59/h12-21,23-24,27,29,31-32,39,42,48,56-57H,5-11,22,25-26,28,30,52H2,1-4H3,(H,53,60)(H,62,63)/t31-,32-,39-,42+,48+/m1/s1. The fourth-order valence-corrected chi connectivity index (χ4v) is 8.20. The van der Waals surface area contributed by atoms with E-state index in [2.05, 4.69) is 36.5 Å². The number of rotatable bonds is 18. The number of carbonyl (C=O) groups excluding carboxylic acids is 5. The van der Waals surface area contributed by atoms with Crippen LogP contribution in [-0.2, 0) is 36.8 Å². The van der Waals surface area contributed by atoms with E-state index < -0.39 is 53.4 Å². The van der Waals surface area contributed by atoms with Crippen molar-refractivity contribution in [1.82, 2.24) is 10.2 Å². The Morgan fingerprint density at radius 3 is 2.10 bits per heavy atom. The first-order valence-corrected chi connectivity index (χ1v) is 22.0. The predicted molar refractivity (Wildman–Crippen MR) is 242 cm³/mol. The number of likely N-dealkylation sites (N-methyl/N-ethyl adjacent to an activating group) is 1. The van der Waals surface area contributed by atoms with Crippen molar-refractivity contribution in [3.8, 4) is 33.8 Å². The number of carboxylic acids is 1. The summed E-state index contributed by atoms with van der Waals surface area (Å²) in [6, 6.07) is 22.0. The molecule has 0 radical (unpaired) electrons. The van der Waals surface area contributed by atoms with Gasteiger partial charge in [-0.05, 0) is 90.7 Å². The normalized spacial score (nSPS) is 17.5. The van der Waals surface area contributed by atoms with Crippen molar-refractivity contribution in [2.75, 3.05) is 13.6 Å². The minimum absolute atomic E-state index is 0.0894. The molecule has 0 fully saturated rings. The van der Waals surface area contributed by atoms with Gasteiger partial charge in [0.05, 0.1) is 0 Å². The summed E-state index contributed by atoms with van der Waals surface area (Å²) in [6.45, 7) is 5.80. The number of carbonyl (C=O) groups is 6. The largest absolute Gasteiger partial charge is 0.507 e. The molecule has 1 heterocycles. The summed E-state index contributed by atoms with van der Waals surface area (Å²) in [4.78, 5) is 82.8. The number of hydrogen-bond donors (Lipinski definition) is 5. The number of aromatic hydroxyl groups is 2. The fraction of sp³-hybridized carbons (Fsp3) is 0.412. The van der Waals surface area contributed by atoms with Crippen molar-refractivity contribution in [3.05, 3.63) is 107 Å². The third-order valence-corrected chi connectivity index (χ3v) is 12.2. The molecule has 334 valence electrons. The maximum absolute atomic E-state index is 14.6. The lowest BCUT2D eigenvalue weighted by atomic mass is 9.86. The number of Topliss-reactive ketones (excluding diaryl/α,β-unsaturated/α-hetero) is 3. The average Bonchev–Trinajstić information content (AvgIpc) is 3.27. The molecule has 1 aliphatic heterocycles. The van der Waals surface area contributed by atoms with Crippen molar-refractivity contribution in [1.29, 1.82) is 0 Å². The number of unbranched alkanes of at least 4 members (excludes halogenated alkanes) is 2. The molecule has 0 aliphatic carbocycles. The van der Waals surface area contributed by atoms with Gasteiger partial charge in [0.15, 0.2) is 11.6 Å². The first-order chi connectivity index (χ1) is 30.1. The highest BCUT2D eigenvalue weighted by Crippen LogP contribution is 2.40. The molecule has 0 aromatic heterocycles. The molecule has 0 unspecified atom stereocenters. The van der Waals surface area contributed by atoms with Gasteiger partial charge in [0.1, 0.15) is 29.4 Å². The Morgan fingerprint density at radius 1 is 0.825 bits per heavy atom. The van der Waals surface area contributed by atoms with Gasteiger partial charge in [-0.25, -0.2) is 4.79 Å². The molecule has 0 spiro atoms. The van der Waals surface area contributed by atoms with Crippen LogP contribution in [-0.4, -0.2) is 75.0 Å². The molecule has 5 atom stereocenters.